The second-order valence-electron chi connectivity index (χ2n) is 3.94. The number of methoxy groups -OCH3 is 2. The lowest BCUT2D eigenvalue weighted by atomic mass is 10.1. The predicted molar refractivity (Wildman–Crippen MR) is 69.1 cm³/mol. The van der Waals surface area contributed by atoms with E-state index in [-0.39, 0.29) is 5.76 Å². The number of furan rings is 1. The van der Waals surface area contributed by atoms with Crippen molar-refractivity contribution in [1.29, 1.82) is 0 Å². The predicted octanol–water partition coefficient (Wildman–Crippen LogP) is 2.12. The molecule has 0 radical (unpaired) electrons. The van der Waals surface area contributed by atoms with Crippen LogP contribution in [-0.4, -0.2) is 20.2 Å². The minimum Gasteiger partial charge on any atom is -0.497 e. The Hall–Kier alpha value is -2.27. The van der Waals surface area contributed by atoms with E-state index in [4.69, 9.17) is 14.9 Å². The van der Waals surface area contributed by atoms with E-state index in [1.807, 2.05) is 24.3 Å². The first kappa shape index (κ1) is 13.2. The molecule has 5 heteroatoms. The van der Waals surface area contributed by atoms with Gasteiger partial charge in [0.15, 0.2) is 0 Å². The third kappa shape index (κ3) is 2.77. The van der Waals surface area contributed by atoms with Crippen molar-refractivity contribution >= 4 is 5.97 Å². The van der Waals surface area contributed by atoms with Crippen LogP contribution in [-0.2, 0) is 4.74 Å². The van der Waals surface area contributed by atoms with Crippen LogP contribution in [0, 0.1) is 0 Å². The van der Waals surface area contributed by atoms with Crippen LogP contribution in [0.15, 0.2) is 40.8 Å². The summed E-state index contributed by atoms with van der Waals surface area (Å²) in [4.78, 5) is 11.3. The number of ether oxygens (including phenoxy) is 2. The molecule has 1 aromatic carbocycles. The quantitative estimate of drug-likeness (QED) is 0.853. The molecule has 0 amide bonds. The summed E-state index contributed by atoms with van der Waals surface area (Å²) in [6.07, 6.45) is 0. The molecule has 19 heavy (non-hydrogen) atoms. The fourth-order valence-electron chi connectivity index (χ4n) is 1.71. The molecular weight excluding hydrogens is 246 g/mol. The molecule has 0 aliphatic carbocycles. The molecule has 2 rings (SSSR count). The zero-order chi connectivity index (χ0) is 13.8. The largest absolute Gasteiger partial charge is 0.497 e. The van der Waals surface area contributed by atoms with Crippen LogP contribution in [0.4, 0.5) is 0 Å². The highest BCUT2D eigenvalue weighted by Gasteiger charge is 2.17. The Morgan fingerprint density at radius 1 is 1.16 bits per heavy atom. The molecule has 0 saturated heterocycles. The molecular formula is C14H15NO4. The van der Waals surface area contributed by atoms with Gasteiger partial charge in [0.2, 0.25) is 5.76 Å². The molecule has 0 saturated carbocycles. The Bertz CT molecular complexity index is 559. The van der Waals surface area contributed by atoms with E-state index >= 15 is 0 Å². The molecule has 100 valence electrons. The van der Waals surface area contributed by atoms with Gasteiger partial charge in [0.05, 0.1) is 20.3 Å². The van der Waals surface area contributed by atoms with Gasteiger partial charge < -0.3 is 19.6 Å². The van der Waals surface area contributed by atoms with Gasteiger partial charge in [0.25, 0.3) is 0 Å². The van der Waals surface area contributed by atoms with Gasteiger partial charge in [-0.3, -0.25) is 0 Å². The third-order valence-electron chi connectivity index (χ3n) is 2.79. The zero-order valence-electron chi connectivity index (χ0n) is 10.8. The van der Waals surface area contributed by atoms with Crippen molar-refractivity contribution in [2.24, 2.45) is 5.73 Å². The van der Waals surface area contributed by atoms with Gasteiger partial charge in [-0.05, 0) is 29.8 Å². The number of nitrogens with two attached hydrogens (primary N) is 1. The number of rotatable bonds is 4. The third-order valence-corrected chi connectivity index (χ3v) is 2.79. The van der Waals surface area contributed by atoms with Crippen molar-refractivity contribution in [3.63, 3.8) is 0 Å². The van der Waals surface area contributed by atoms with E-state index in [2.05, 4.69) is 4.74 Å². The highest BCUT2D eigenvalue weighted by molar-refractivity contribution is 5.86. The molecule has 2 N–H and O–H groups in total. The topological polar surface area (TPSA) is 74.7 Å². The number of benzene rings is 1. The maximum Gasteiger partial charge on any atom is 0.373 e. The average molecular weight is 261 g/mol. The Morgan fingerprint density at radius 3 is 2.42 bits per heavy atom. The summed E-state index contributed by atoms with van der Waals surface area (Å²) in [7, 11) is 2.90. The Labute approximate surface area is 110 Å². The Kier molecular flexibility index (Phi) is 3.87. The molecule has 2 aromatic rings. The lowest BCUT2D eigenvalue weighted by Crippen LogP contribution is -2.10. The molecule has 1 atom stereocenters. The van der Waals surface area contributed by atoms with Gasteiger partial charge >= 0.3 is 5.97 Å². The zero-order valence-corrected chi connectivity index (χ0v) is 10.8. The lowest BCUT2D eigenvalue weighted by molar-refractivity contribution is 0.0562. The highest BCUT2D eigenvalue weighted by atomic mass is 16.5. The van der Waals surface area contributed by atoms with E-state index in [1.165, 1.54) is 7.11 Å². The van der Waals surface area contributed by atoms with E-state index in [0.717, 1.165) is 11.3 Å². The molecule has 1 unspecified atom stereocenters. The van der Waals surface area contributed by atoms with Crippen molar-refractivity contribution in [1.82, 2.24) is 0 Å². The van der Waals surface area contributed by atoms with Gasteiger partial charge in [-0.25, -0.2) is 4.79 Å². The van der Waals surface area contributed by atoms with Crippen LogP contribution in [0.1, 0.15) is 27.9 Å². The second kappa shape index (κ2) is 5.58. The molecule has 0 fully saturated rings. The van der Waals surface area contributed by atoms with Crippen LogP contribution in [0.2, 0.25) is 0 Å². The van der Waals surface area contributed by atoms with Gasteiger partial charge in [-0.2, -0.15) is 0 Å². The molecule has 0 spiro atoms. The van der Waals surface area contributed by atoms with E-state index < -0.39 is 12.0 Å². The van der Waals surface area contributed by atoms with Gasteiger partial charge in [-0.1, -0.05) is 12.1 Å². The molecule has 1 aromatic heterocycles. The molecule has 5 nitrogen and oxygen atoms in total. The lowest BCUT2D eigenvalue weighted by Gasteiger charge is -2.09. The summed E-state index contributed by atoms with van der Waals surface area (Å²) in [5.74, 6) is 0.880. The number of carbonyl (C=O) groups excluding carboxylic acids is 1. The number of hydrogen-bond donors (Lipinski definition) is 1. The van der Waals surface area contributed by atoms with Gasteiger partial charge in [0, 0.05) is 0 Å². The Morgan fingerprint density at radius 2 is 1.84 bits per heavy atom. The van der Waals surface area contributed by atoms with Crippen molar-refractivity contribution in [2.75, 3.05) is 14.2 Å². The van der Waals surface area contributed by atoms with Crippen LogP contribution in [0.3, 0.4) is 0 Å². The first-order chi connectivity index (χ1) is 9.15. The highest BCUT2D eigenvalue weighted by Crippen LogP contribution is 2.23. The van der Waals surface area contributed by atoms with E-state index in [0.29, 0.717) is 5.76 Å². The maximum atomic E-state index is 11.3. The first-order valence-electron chi connectivity index (χ1n) is 5.73. The molecule has 0 aliphatic rings. The molecule has 1 heterocycles. The van der Waals surface area contributed by atoms with Gasteiger partial charge in [-0.15, -0.1) is 0 Å². The fraction of sp³-hybridized carbons (Fsp3) is 0.214. The Balaban J connectivity index is 2.20. The maximum absolute atomic E-state index is 11.3. The van der Waals surface area contributed by atoms with Crippen LogP contribution in [0.5, 0.6) is 5.75 Å². The summed E-state index contributed by atoms with van der Waals surface area (Å²) in [6, 6.07) is 10.1. The van der Waals surface area contributed by atoms with Crippen molar-refractivity contribution in [3.8, 4) is 5.75 Å². The summed E-state index contributed by atoms with van der Waals surface area (Å²) >= 11 is 0. The minimum absolute atomic E-state index is 0.140. The summed E-state index contributed by atoms with van der Waals surface area (Å²) in [5.41, 5.74) is 6.94. The monoisotopic (exact) mass is 261 g/mol. The summed E-state index contributed by atoms with van der Waals surface area (Å²) < 4.78 is 15.0. The average Bonchev–Trinajstić information content (AvgIpc) is 2.95. The molecule has 0 bridgehead atoms. The summed E-state index contributed by atoms with van der Waals surface area (Å²) in [5, 5.41) is 0. The van der Waals surface area contributed by atoms with E-state index in [1.54, 1.807) is 19.2 Å². The number of hydrogen-bond acceptors (Lipinski definition) is 5. The van der Waals surface area contributed by atoms with Crippen molar-refractivity contribution < 1.29 is 18.7 Å². The first-order valence-corrected chi connectivity index (χ1v) is 5.73. The smallest absolute Gasteiger partial charge is 0.373 e. The normalized spacial score (nSPS) is 11.9. The van der Waals surface area contributed by atoms with Gasteiger partial charge in [0.1, 0.15) is 11.5 Å². The fourth-order valence-corrected chi connectivity index (χ4v) is 1.71. The number of esters is 1. The van der Waals surface area contributed by atoms with Crippen LogP contribution >= 0.6 is 0 Å². The van der Waals surface area contributed by atoms with Crippen LogP contribution in [0.25, 0.3) is 0 Å². The van der Waals surface area contributed by atoms with Crippen molar-refractivity contribution in [2.45, 2.75) is 6.04 Å². The number of carbonyl (C=O) groups is 1. The van der Waals surface area contributed by atoms with Crippen LogP contribution < -0.4 is 10.5 Å². The SMILES string of the molecule is COC(=O)c1ccc(C(N)c2ccc(OC)cc2)o1. The van der Waals surface area contributed by atoms with Crippen molar-refractivity contribution in [3.05, 3.63) is 53.5 Å². The second-order valence-corrected chi connectivity index (χ2v) is 3.94. The summed E-state index contributed by atoms with van der Waals surface area (Å²) in [6.45, 7) is 0. The standard InChI is InChI=1S/C14H15NO4/c1-17-10-5-3-9(4-6-10)13(15)11-7-8-12(19-11)14(16)18-2/h3-8,13H,15H2,1-2H3. The van der Waals surface area contributed by atoms with E-state index in [9.17, 15) is 4.79 Å². The minimum atomic E-state index is -0.520. The molecule has 0 aliphatic heterocycles.